The third-order valence-electron chi connectivity index (χ3n) is 2.79. The number of fused-ring (bicyclic) bond motifs is 1. The van der Waals surface area contributed by atoms with Gasteiger partial charge in [0.1, 0.15) is 0 Å². The molecular formula is C14H8O. The number of allylic oxidation sites excluding steroid dienone is 10. The Morgan fingerprint density at radius 3 is 2.67 bits per heavy atom. The Labute approximate surface area is 87.8 Å². The number of carbonyl (C=O) groups excluding carboxylic acids is 1. The number of carbonyl (C=O) groups is 1. The predicted molar refractivity (Wildman–Crippen MR) is 58.1 cm³/mol. The molecule has 0 aromatic heterocycles. The molecule has 3 aliphatic carbocycles. The van der Waals surface area contributed by atoms with Gasteiger partial charge in [-0.25, -0.2) is 0 Å². The molecule has 0 N–H and O–H groups in total. The summed E-state index contributed by atoms with van der Waals surface area (Å²) in [5.41, 5.74) is 8.24. The Hall–Kier alpha value is -2.07. The average molecular weight is 192 g/mol. The maximum atomic E-state index is 12.1. The minimum atomic E-state index is 0.0818. The van der Waals surface area contributed by atoms with Crippen LogP contribution in [0.1, 0.15) is 0 Å². The van der Waals surface area contributed by atoms with Gasteiger partial charge in [0.2, 0.25) is 0 Å². The molecule has 0 aliphatic heterocycles. The minimum Gasteiger partial charge on any atom is -0.289 e. The van der Waals surface area contributed by atoms with Gasteiger partial charge in [-0.1, -0.05) is 35.8 Å². The lowest BCUT2D eigenvalue weighted by atomic mass is 9.88. The van der Waals surface area contributed by atoms with Gasteiger partial charge >= 0.3 is 0 Å². The lowest BCUT2D eigenvalue weighted by molar-refractivity contribution is -0.111. The van der Waals surface area contributed by atoms with Crippen LogP contribution in [0.4, 0.5) is 0 Å². The smallest absolute Gasteiger partial charge is 0.193 e. The lowest BCUT2D eigenvalue weighted by Gasteiger charge is -2.15. The summed E-state index contributed by atoms with van der Waals surface area (Å²) in [6.07, 6.45) is 13.2. The first-order valence-electron chi connectivity index (χ1n) is 4.89. The van der Waals surface area contributed by atoms with Crippen molar-refractivity contribution >= 4 is 5.78 Å². The van der Waals surface area contributed by atoms with Crippen LogP contribution in [-0.4, -0.2) is 5.78 Å². The second-order valence-corrected chi connectivity index (χ2v) is 3.66. The van der Waals surface area contributed by atoms with Gasteiger partial charge in [-0.3, -0.25) is 4.79 Å². The summed E-state index contributed by atoms with van der Waals surface area (Å²) in [6, 6.07) is 0. The fourth-order valence-electron chi connectivity index (χ4n) is 1.89. The van der Waals surface area contributed by atoms with Gasteiger partial charge in [0.15, 0.2) is 5.78 Å². The Kier molecular flexibility index (Phi) is 1.63. The molecule has 0 amide bonds. The molecule has 3 rings (SSSR count). The van der Waals surface area contributed by atoms with E-state index in [4.69, 9.17) is 0 Å². The molecule has 15 heavy (non-hydrogen) atoms. The highest BCUT2D eigenvalue weighted by atomic mass is 16.1. The fourth-order valence-corrected chi connectivity index (χ4v) is 1.89. The van der Waals surface area contributed by atoms with Crippen LogP contribution < -0.4 is 0 Å². The van der Waals surface area contributed by atoms with E-state index in [0.717, 1.165) is 11.1 Å². The Balaban J connectivity index is 1.98. The summed E-state index contributed by atoms with van der Waals surface area (Å²) in [7, 11) is 0. The summed E-state index contributed by atoms with van der Waals surface area (Å²) >= 11 is 0. The van der Waals surface area contributed by atoms with Crippen molar-refractivity contribution < 1.29 is 4.79 Å². The molecule has 0 saturated carbocycles. The second kappa shape index (κ2) is 2.96. The Morgan fingerprint density at radius 1 is 1.20 bits per heavy atom. The molecule has 0 saturated heterocycles. The molecular weight excluding hydrogens is 184 g/mol. The summed E-state index contributed by atoms with van der Waals surface area (Å²) in [4.78, 5) is 12.1. The van der Waals surface area contributed by atoms with E-state index in [9.17, 15) is 4.79 Å². The molecule has 0 aromatic carbocycles. The van der Waals surface area contributed by atoms with Crippen molar-refractivity contribution in [1.29, 1.82) is 0 Å². The number of Topliss-reactive ketones (excluding diaryl/α,β-unsaturated/α-hetero) is 1. The number of hydrogen-bond donors (Lipinski definition) is 0. The molecule has 1 heteroatoms. The molecule has 0 fully saturated rings. The van der Waals surface area contributed by atoms with Gasteiger partial charge in [-0.2, -0.15) is 0 Å². The largest absolute Gasteiger partial charge is 0.289 e. The number of rotatable bonds is 2. The van der Waals surface area contributed by atoms with E-state index in [1.165, 1.54) is 0 Å². The van der Waals surface area contributed by atoms with Crippen molar-refractivity contribution in [2.75, 3.05) is 0 Å². The van der Waals surface area contributed by atoms with Crippen LogP contribution in [0, 0.1) is 5.92 Å². The Morgan fingerprint density at radius 2 is 2.07 bits per heavy atom. The molecule has 0 aromatic rings. The molecule has 1 nitrogen and oxygen atoms in total. The molecule has 0 bridgehead atoms. The van der Waals surface area contributed by atoms with Crippen molar-refractivity contribution in [3.63, 3.8) is 0 Å². The molecule has 0 heterocycles. The van der Waals surface area contributed by atoms with Crippen molar-refractivity contribution in [2.45, 2.75) is 0 Å². The molecule has 1 unspecified atom stereocenters. The van der Waals surface area contributed by atoms with Crippen LogP contribution in [0.15, 0.2) is 70.7 Å². The summed E-state index contributed by atoms with van der Waals surface area (Å²) in [6.45, 7) is 0. The first-order chi connectivity index (χ1) is 7.36. The third kappa shape index (κ3) is 1.15. The topological polar surface area (TPSA) is 17.1 Å². The van der Waals surface area contributed by atoms with Gasteiger partial charge in [-0.15, -0.1) is 0 Å². The molecule has 0 radical (unpaired) electrons. The van der Waals surface area contributed by atoms with E-state index in [0.29, 0.717) is 11.5 Å². The molecule has 3 aliphatic rings. The molecule has 0 spiro atoms. The van der Waals surface area contributed by atoms with E-state index in [1.54, 1.807) is 18.2 Å². The maximum absolute atomic E-state index is 12.1. The Bertz CT molecular complexity index is 566. The normalized spacial score (nSPS) is 24.3. The van der Waals surface area contributed by atoms with Crippen molar-refractivity contribution in [3.05, 3.63) is 70.7 Å². The monoisotopic (exact) mass is 192 g/mol. The van der Waals surface area contributed by atoms with Crippen molar-refractivity contribution in [3.8, 4) is 0 Å². The fraction of sp³-hybridized carbons (Fsp3) is 0.0714. The van der Waals surface area contributed by atoms with Crippen molar-refractivity contribution in [2.24, 2.45) is 5.92 Å². The quantitative estimate of drug-likeness (QED) is 0.614. The summed E-state index contributed by atoms with van der Waals surface area (Å²) in [5.74, 6) is 0.460. The van der Waals surface area contributed by atoms with Gasteiger partial charge in [-0.05, 0) is 23.8 Å². The average Bonchev–Trinajstić information content (AvgIpc) is 2.54. The van der Waals surface area contributed by atoms with Crippen LogP contribution in [-0.2, 0) is 4.79 Å². The zero-order valence-corrected chi connectivity index (χ0v) is 8.03. The van der Waals surface area contributed by atoms with E-state index in [2.05, 4.69) is 23.6 Å². The first kappa shape index (κ1) is 8.26. The molecule has 1 atom stereocenters. The van der Waals surface area contributed by atoms with Gasteiger partial charge < -0.3 is 0 Å². The lowest BCUT2D eigenvalue weighted by Crippen LogP contribution is -2.09. The second-order valence-electron chi connectivity index (χ2n) is 3.66. The molecule has 70 valence electrons. The highest BCUT2D eigenvalue weighted by molar-refractivity contribution is 6.13. The third-order valence-corrected chi connectivity index (χ3v) is 2.79. The first-order valence-corrected chi connectivity index (χ1v) is 4.89. The van der Waals surface area contributed by atoms with Crippen LogP contribution in [0.2, 0.25) is 0 Å². The zero-order chi connectivity index (χ0) is 10.3. The van der Waals surface area contributed by atoms with Gasteiger partial charge in [0.25, 0.3) is 0 Å². The van der Waals surface area contributed by atoms with E-state index in [1.807, 2.05) is 12.2 Å². The zero-order valence-electron chi connectivity index (χ0n) is 8.03. The van der Waals surface area contributed by atoms with Crippen LogP contribution >= 0.6 is 0 Å². The van der Waals surface area contributed by atoms with E-state index in [-0.39, 0.29) is 5.78 Å². The summed E-state index contributed by atoms with van der Waals surface area (Å²) < 4.78 is 0. The number of ketones is 1. The minimum absolute atomic E-state index is 0.0818. The van der Waals surface area contributed by atoms with Crippen LogP contribution in [0.25, 0.3) is 0 Å². The SMILES string of the molecule is O=C(C1=CC=C=C=C1)C1=C2C=CC2C=C1. The highest BCUT2D eigenvalue weighted by Gasteiger charge is 2.26. The van der Waals surface area contributed by atoms with Crippen molar-refractivity contribution in [1.82, 2.24) is 0 Å². The van der Waals surface area contributed by atoms with Crippen LogP contribution in [0.3, 0.4) is 0 Å². The summed E-state index contributed by atoms with van der Waals surface area (Å²) in [5, 5.41) is 0. The van der Waals surface area contributed by atoms with E-state index >= 15 is 0 Å². The number of hydrogen-bond acceptors (Lipinski definition) is 1. The maximum Gasteiger partial charge on any atom is 0.193 e. The highest BCUT2D eigenvalue weighted by Crippen LogP contribution is 2.36. The predicted octanol–water partition coefficient (Wildman–Crippen LogP) is 2.41. The van der Waals surface area contributed by atoms with E-state index < -0.39 is 0 Å². The van der Waals surface area contributed by atoms with Crippen LogP contribution in [0.5, 0.6) is 0 Å². The standard InChI is InChI=1S/C14H8O/c15-14(11-4-2-1-3-5-11)13-9-7-10-6-8-12(10)13/h2,4-10H. The van der Waals surface area contributed by atoms with Gasteiger partial charge in [0, 0.05) is 17.1 Å². The van der Waals surface area contributed by atoms with Gasteiger partial charge in [0.05, 0.1) is 0 Å².